The van der Waals surface area contributed by atoms with E-state index in [0.29, 0.717) is 44.2 Å². The Balaban J connectivity index is 1.45. The van der Waals surface area contributed by atoms with E-state index in [2.05, 4.69) is 21.6 Å². The highest BCUT2D eigenvalue weighted by Gasteiger charge is 2.45. The molecule has 0 saturated heterocycles. The Kier molecular flexibility index (Phi) is 7.49. The number of amides is 1. The van der Waals surface area contributed by atoms with Gasteiger partial charge in [-0.05, 0) is 41.7 Å². The van der Waals surface area contributed by atoms with Crippen LogP contribution in [-0.2, 0) is 9.59 Å². The maximum Gasteiger partial charge on any atom is 0.234 e. The normalized spacial score (nSPS) is 18.6. The highest BCUT2D eigenvalue weighted by atomic mass is 35.5. The lowest BCUT2D eigenvalue weighted by Gasteiger charge is -2.42. The molecular weight excluding hydrogens is 552 g/mol. The Bertz CT molecular complexity index is 1540. The fraction of sp³-hybridized carbons (Fsp3) is 0.250. The summed E-state index contributed by atoms with van der Waals surface area (Å²) in [5.41, 5.74) is 9.49. The lowest BCUT2D eigenvalue weighted by molar-refractivity contribution is -0.118. The highest BCUT2D eigenvalue weighted by molar-refractivity contribution is 8.01. The van der Waals surface area contributed by atoms with Crippen LogP contribution in [0.2, 0.25) is 5.02 Å². The summed E-state index contributed by atoms with van der Waals surface area (Å²) in [5.74, 6) is -0.369. The Hall–Kier alpha value is -3.65. The standard InChI is InChI=1S/C28H25ClN6O2S2/c1-28(2)12-20-24(21(36)13-28)23(16-6-4-3-5-7-16)19(14-30)25(31)35(20)26-33-34-27(39-26)38-15-22(37)32-18-10-8-17(29)9-11-18/h3-11,23H,12-13,15,31H2,1-2H3,(H,32,37). The van der Waals surface area contributed by atoms with Gasteiger partial charge in [-0.1, -0.05) is 78.9 Å². The minimum Gasteiger partial charge on any atom is -0.384 e. The number of anilines is 2. The quantitative estimate of drug-likeness (QED) is 0.349. The Morgan fingerprint density at radius 1 is 1.21 bits per heavy atom. The van der Waals surface area contributed by atoms with Crippen molar-refractivity contribution in [3.63, 3.8) is 0 Å². The van der Waals surface area contributed by atoms with Gasteiger partial charge in [-0.25, -0.2) is 0 Å². The molecule has 0 saturated carbocycles. The molecule has 5 rings (SSSR count). The van der Waals surface area contributed by atoms with Gasteiger partial charge in [0.25, 0.3) is 0 Å². The maximum absolute atomic E-state index is 13.6. The van der Waals surface area contributed by atoms with Gasteiger partial charge >= 0.3 is 0 Å². The molecule has 2 heterocycles. The zero-order valence-corrected chi connectivity index (χ0v) is 23.7. The van der Waals surface area contributed by atoms with Crippen molar-refractivity contribution in [2.24, 2.45) is 11.1 Å². The van der Waals surface area contributed by atoms with Crippen LogP contribution in [0, 0.1) is 16.7 Å². The SMILES string of the molecule is CC1(C)CC(=O)C2=C(C1)N(c1nnc(SCC(=O)Nc3ccc(Cl)cc3)s1)C(N)=C(C#N)C2c1ccccc1. The van der Waals surface area contributed by atoms with Crippen LogP contribution < -0.4 is 16.0 Å². The van der Waals surface area contributed by atoms with E-state index in [-0.39, 0.29) is 28.7 Å². The number of aromatic nitrogens is 2. The van der Waals surface area contributed by atoms with Crippen molar-refractivity contribution >= 4 is 57.2 Å². The Morgan fingerprint density at radius 3 is 2.62 bits per heavy atom. The van der Waals surface area contributed by atoms with Gasteiger partial charge in [0.2, 0.25) is 11.0 Å². The van der Waals surface area contributed by atoms with Crippen LogP contribution in [0.15, 0.2) is 81.6 Å². The maximum atomic E-state index is 13.6. The number of allylic oxidation sites excluding steroid dienone is 3. The van der Waals surface area contributed by atoms with Crippen molar-refractivity contribution in [3.05, 3.63) is 87.8 Å². The minimum absolute atomic E-state index is 0.00154. The van der Waals surface area contributed by atoms with Crippen LogP contribution in [0.4, 0.5) is 10.8 Å². The molecule has 3 N–H and O–H groups in total. The average molecular weight is 577 g/mol. The van der Waals surface area contributed by atoms with Crippen LogP contribution in [0.3, 0.4) is 0 Å². The van der Waals surface area contributed by atoms with E-state index in [4.69, 9.17) is 17.3 Å². The summed E-state index contributed by atoms with van der Waals surface area (Å²) in [5, 5.41) is 22.7. The number of ketones is 1. The van der Waals surface area contributed by atoms with Gasteiger partial charge in [-0.3, -0.25) is 14.5 Å². The number of thioether (sulfide) groups is 1. The first-order valence-corrected chi connectivity index (χ1v) is 14.4. The summed E-state index contributed by atoms with van der Waals surface area (Å²) in [4.78, 5) is 27.7. The van der Waals surface area contributed by atoms with E-state index in [1.807, 2.05) is 44.2 Å². The molecule has 0 bridgehead atoms. The van der Waals surface area contributed by atoms with E-state index >= 15 is 0 Å². The Labute approximate surface area is 239 Å². The fourth-order valence-electron chi connectivity index (χ4n) is 4.91. The molecule has 0 radical (unpaired) electrons. The summed E-state index contributed by atoms with van der Waals surface area (Å²) in [7, 11) is 0. The van der Waals surface area contributed by atoms with Gasteiger partial charge in [-0.15, -0.1) is 10.2 Å². The van der Waals surface area contributed by atoms with Crippen molar-refractivity contribution in [2.45, 2.75) is 36.9 Å². The zero-order chi connectivity index (χ0) is 27.7. The molecule has 3 aromatic rings. The van der Waals surface area contributed by atoms with Gasteiger partial charge in [0.1, 0.15) is 5.82 Å². The molecule has 1 aromatic heterocycles. The third-order valence-corrected chi connectivity index (χ3v) is 8.85. The van der Waals surface area contributed by atoms with E-state index in [1.54, 1.807) is 29.2 Å². The topological polar surface area (TPSA) is 125 Å². The molecular formula is C28H25ClN6O2S2. The van der Waals surface area contributed by atoms with Crippen molar-refractivity contribution < 1.29 is 9.59 Å². The van der Waals surface area contributed by atoms with E-state index < -0.39 is 5.92 Å². The number of carbonyl (C=O) groups is 2. The molecule has 1 amide bonds. The monoisotopic (exact) mass is 576 g/mol. The summed E-state index contributed by atoms with van der Waals surface area (Å²) in [6.07, 6.45) is 0.962. The second-order valence-corrected chi connectivity index (χ2v) is 12.7. The average Bonchev–Trinajstić information content (AvgIpc) is 3.36. The van der Waals surface area contributed by atoms with Crippen molar-refractivity contribution in [2.75, 3.05) is 16.0 Å². The number of nitrogens with two attached hydrogens (primary N) is 1. The van der Waals surface area contributed by atoms with E-state index in [0.717, 1.165) is 11.3 Å². The Morgan fingerprint density at radius 2 is 1.92 bits per heavy atom. The highest BCUT2D eigenvalue weighted by Crippen LogP contribution is 2.50. The molecule has 0 fully saturated rings. The van der Waals surface area contributed by atoms with Gasteiger partial charge < -0.3 is 11.1 Å². The van der Waals surface area contributed by atoms with Gasteiger partial charge in [0, 0.05) is 28.4 Å². The largest absolute Gasteiger partial charge is 0.384 e. The number of hydrogen-bond donors (Lipinski definition) is 2. The molecule has 1 unspecified atom stereocenters. The smallest absolute Gasteiger partial charge is 0.234 e. The van der Waals surface area contributed by atoms with Crippen LogP contribution >= 0.6 is 34.7 Å². The number of nitrogens with zero attached hydrogens (tertiary/aromatic N) is 4. The van der Waals surface area contributed by atoms with Crippen LogP contribution in [0.25, 0.3) is 0 Å². The molecule has 1 aliphatic carbocycles. The van der Waals surface area contributed by atoms with Crippen LogP contribution in [0.5, 0.6) is 0 Å². The van der Waals surface area contributed by atoms with Crippen molar-refractivity contribution in [3.8, 4) is 6.07 Å². The van der Waals surface area contributed by atoms with Crippen LogP contribution in [0.1, 0.15) is 38.2 Å². The van der Waals surface area contributed by atoms with Gasteiger partial charge in [0.05, 0.1) is 23.3 Å². The molecule has 1 aliphatic heterocycles. The second-order valence-electron chi connectivity index (χ2n) is 10.1. The second kappa shape index (κ2) is 10.8. The number of hydrogen-bond acceptors (Lipinski definition) is 9. The van der Waals surface area contributed by atoms with E-state index in [1.165, 1.54) is 23.1 Å². The minimum atomic E-state index is -0.538. The molecule has 39 heavy (non-hydrogen) atoms. The molecule has 1 atom stereocenters. The van der Waals surface area contributed by atoms with Crippen LogP contribution in [-0.4, -0.2) is 27.6 Å². The van der Waals surface area contributed by atoms with E-state index in [9.17, 15) is 14.9 Å². The third kappa shape index (κ3) is 5.57. The first-order valence-electron chi connectivity index (χ1n) is 12.2. The first-order chi connectivity index (χ1) is 18.7. The molecule has 11 heteroatoms. The lowest BCUT2D eigenvalue weighted by atomic mass is 9.69. The number of nitrogens with one attached hydrogen (secondary N) is 1. The third-order valence-electron chi connectivity index (χ3n) is 6.56. The molecule has 2 aliphatic rings. The first kappa shape index (κ1) is 26.9. The predicted molar refractivity (Wildman–Crippen MR) is 154 cm³/mol. The summed E-state index contributed by atoms with van der Waals surface area (Å²) in [6, 6.07) is 18.6. The molecule has 0 spiro atoms. The fourth-order valence-corrected chi connectivity index (χ4v) is 6.72. The summed E-state index contributed by atoms with van der Waals surface area (Å²) in [6.45, 7) is 4.09. The lowest BCUT2D eigenvalue weighted by Crippen LogP contribution is -2.42. The zero-order valence-electron chi connectivity index (χ0n) is 21.3. The van der Waals surface area contributed by atoms with Crippen molar-refractivity contribution in [1.82, 2.24) is 10.2 Å². The number of benzene rings is 2. The number of carbonyl (C=O) groups excluding carboxylic acids is 2. The molecule has 198 valence electrons. The molecule has 8 nitrogen and oxygen atoms in total. The van der Waals surface area contributed by atoms with Gasteiger partial charge in [0.15, 0.2) is 10.1 Å². The number of Topliss-reactive ketones (excluding diaryl/α,β-unsaturated/α-hetero) is 1. The summed E-state index contributed by atoms with van der Waals surface area (Å²) < 4.78 is 0.566. The van der Waals surface area contributed by atoms with Crippen molar-refractivity contribution in [1.29, 1.82) is 5.26 Å². The predicted octanol–water partition coefficient (Wildman–Crippen LogP) is 5.86. The number of nitriles is 1. The summed E-state index contributed by atoms with van der Waals surface area (Å²) >= 11 is 8.41. The molecule has 2 aromatic carbocycles. The number of rotatable bonds is 6. The number of halogens is 1. The van der Waals surface area contributed by atoms with Gasteiger partial charge in [-0.2, -0.15) is 5.26 Å².